The van der Waals surface area contributed by atoms with Crippen LogP contribution in [0.5, 0.6) is 5.75 Å². The van der Waals surface area contributed by atoms with Gasteiger partial charge in [0, 0.05) is 43.5 Å². The van der Waals surface area contributed by atoms with Crippen molar-refractivity contribution in [3.05, 3.63) is 65.4 Å². The van der Waals surface area contributed by atoms with Gasteiger partial charge in [-0.3, -0.25) is 4.79 Å². The number of nitrogens with zero attached hydrogens (tertiary/aromatic N) is 6. The standard InChI is InChI=1S/C22H25ClN6O2/c1-31-21-5-3-2-4-20(21)27-10-12-28(13-11-27)22(30)14-18(15-29-16-24-25-26-29)17-6-8-19(23)9-7-17/h2-9,16,18H,10-15H2,1H3/t18-/m0/s1. The number of rotatable bonds is 7. The molecule has 1 aliphatic heterocycles. The van der Waals surface area contributed by atoms with Gasteiger partial charge in [-0.1, -0.05) is 35.9 Å². The van der Waals surface area contributed by atoms with Crippen LogP contribution in [-0.4, -0.2) is 64.3 Å². The van der Waals surface area contributed by atoms with Crippen molar-refractivity contribution in [1.29, 1.82) is 0 Å². The summed E-state index contributed by atoms with van der Waals surface area (Å²) in [5.41, 5.74) is 2.11. The number of carbonyl (C=O) groups excluding carboxylic acids is 1. The van der Waals surface area contributed by atoms with Crippen LogP contribution in [0.3, 0.4) is 0 Å². The van der Waals surface area contributed by atoms with Crippen molar-refractivity contribution in [3.63, 3.8) is 0 Å². The smallest absolute Gasteiger partial charge is 0.223 e. The van der Waals surface area contributed by atoms with Crippen molar-refractivity contribution in [2.45, 2.75) is 18.9 Å². The van der Waals surface area contributed by atoms with Crippen LogP contribution in [0.15, 0.2) is 54.9 Å². The summed E-state index contributed by atoms with van der Waals surface area (Å²) in [7, 11) is 1.68. The number of hydrogen-bond donors (Lipinski definition) is 0. The molecular formula is C22H25ClN6O2. The van der Waals surface area contributed by atoms with Gasteiger partial charge in [-0.15, -0.1) is 5.10 Å². The van der Waals surface area contributed by atoms with Crippen LogP contribution in [0, 0.1) is 0 Å². The molecule has 0 saturated carbocycles. The number of aromatic nitrogens is 4. The summed E-state index contributed by atoms with van der Waals surface area (Å²) in [6.45, 7) is 3.42. The Bertz CT molecular complexity index is 988. The number of methoxy groups -OCH3 is 1. The average Bonchev–Trinajstić information content (AvgIpc) is 3.32. The molecule has 0 N–H and O–H groups in total. The van der Waals surface area contributed by atoms with Crippen molar-refractivity contribution in [1.82, 2.24) is 25.1 Å². The van der Waals surface area contributed by atoms with Crippen molar-refractivity contribution in [2.24, 2.45) is 0 Å². The molecule has 1 aliphatic rings. The number of tetrazole rings is 1. The maximum absolute atomic E-state index is 13.1. The van der Waals surface area contributed by atoms with E-state index in [1.54, 1.807) is 18.1 Å². The summed E-state index contributed by atoms with van der Waals surface area (Å²) in [5, 5.41) is 12.0. The van der Waals surface area contributed by atoms with Crippen LogP contribution in [0.2, 0.25) is 5.02 Å². The fourth-order valence-electron chi connectivity index (χ4n) is 3.94. The number of carbonyl (C=O) groups is 1. The summed E-state index contributed by atoms with van der Waals surface area (Å²) in [4.78, 5) is 17.3. The third kappa shape index (κ3) is 5.14. The van der Waals surface area contributed by atoms with E-state index in [1.165, 1.54) is 0 Å². The largest absolute Gasteiger partial charge is 0.495 e. The first-order chi connectivity index (χ1) is 15.1. The zero-order valence-corrected chi connectivity index (χ0v) is 18.1. The third-order valence-electron chi connectivity index (χ3n) is 5.62. The minimum Gasteiger partial charge on any atom is -0.495 e. The Hall–Kier alpha value is -3.13. The zero-order chi connectivity index (χ0) is 21.6. The number of amides is 1. The van der Waals surface area contributed by atoms with Gasteiger partial charge in [-0.2, -0.15) is 0 Å². The van der Waals surface area contributed by atoms with Crippen LogP contribution < -0.4 is 9.64 Å². The lowest BCUT2D eigenvalue weighted by Crippen LogP contribution is -2.49. The summed E-state index contributed by atoms with van der Waals surface area (Å²) < 4.78 is 7.14. The van der Waals surface area contributed by atoms with Crippen molar-refractivity contribution in [3.8, 4) is 5.75 Å². The number of anilines is 1. The molecule has 0 bridgehead atoms. The molecule has 1 amide bonds. The van der Waals surface area contributed by atoms with Crippen molar-refractivity contribution >= 4 is 23.2 Å². The first-order valence-corrected chi connectivity index (χ1v) is 10.6. The molecule has 1 aromatic heterocycles. The van der Waals surface area contributed by atoms with Gasteiger partial charge >= 0.3 is 0 Å². The van der Waals surface area contributed by atoms with Gasteiger partial charge in [-0.05, 0) is 40.3 Å². The average molecular weight is 441 g/mol. The number of ether oxygens (including phenoxy) is 1. The number of halogens is 1. The van der Waals surface area contributed by atoms with Crippen LogP contribution in [0.1, 0.15) is 17.9 Å². The first kappa shape index (κ1) is 21.1. The van der Waals surface area contributed by atoms with E-state index in [0.717, 1.165) is 30.1 Å². The lowest BCUT2D eigenvalue weighted by molar-refractivity contribution is -0.132. The summed E-state index contributed by atoms with van der Waals surface area (Å²) in [6.07, 6.45) is 1.95. The topological polar surface area (TPSA) is 76.4 Å². The molecular weight excluding hydrogens is 416 g/mol. The predicted molar refractivity (Wildman–Crippen MR) is 118 cm³/mol. The van der Waals surface area contributed by atoms with Gasteiger partial charge in [0.2, 0.25) is 5.91 Å². The molecule has 2 aromatic carbocycles. The predicted octanol–water partition coefficient (Wildman–Crippen LogP) is 2.86. The summed E-state index contributed by atoms with van der Waals surface area (Å²) in [5.74, 6) is 0.944. The first-order valence-electron chi connectivity index (χ1n) is 10.3. The highest BCUT2D eigenvalue weighted by molar-refractivity contribution is 6.30. The van der Waals surface area contributed by atoms with Crippen molar-refractivity contribution in [2.75, 3.05) is 38.2 Å². The minimum absolute atomic E-state index is 0.0412. The molecule has 0 unspecified atom stereocenters. The van der Waals surface area contributed by atoms with E-state index in [1.807, 2.05) is 47.4 Å². The van der Waals surface area contributed by atoms with Gasteiger partial charge < -0.3 is 14.5 Å². The van der Waals surface area contributed by atoms with Crippen LogP contribution in [0.25, 0.3) is 0 Å². The molecule has 4 rings (SSSR count). The van der Waals surface area contributed by atoms with E-state index in [2.05, 4.69) is 26.5 Å². The molecule has 1 fully saturated rings. The van der Waals surface area contributed by atoms with Crippen LogP contribution in [0.4, 0.5) is 5.69 Å². The monoisotopic (exact) mass is 440 g/mol. The molecule has 9 heteroatoms. The highest BCUT2D eigenvalue weighted by Crippen LogP contribution is 2.29. The Labute approximate surface area is 186 Å². The number of hydrogen-bond acceptors (Lipinski definition) is 6. The number of para-hydroxylation sites is 2. The lowest BCUT2D eigenvalue weighted by Gasteiger charge is -2.37. The van der Waals surface area contributed by atoms with Crippen molar-refractivity contribution < 1.29 is 9.53 Å². The van der Waals surface area contributed by atoms with Gasteiger partial charge in [0.1, 0.15) is 12.1 Å². The maximum atomic E-state index is 13.1. The fourth-order valence-corrected chi connectivity index (χ4v) is 4.07. The second-order valence-electron chi connectivity index (χ2n) is 7.52. The Balaban J connectivity index is 1.41. The Morgan fingerprint density at radius 2 is 1.84 bits per heavy atom. The molecule has 31 heavy (non-hydrogen) atoms. The molecule has 0 spiro atoms. The second kappa shape index (κ2) is 9.78. The Morgan fingerprint density at radius 3 is 2.52 bits per heavy atom. The SMILES string of the molecule is COc1ccccc1N1CCN(C(=O)C[C@@H](Cn2cnnn2)c2ccc(Cl)cc2)CC1. The molecule has 1 saturated heterocycles. The van der Waals surface area contributed by atoms with Gasteiger partial charge in [-0.25, -0.2) is 4.68 Å². The van der Waals surface area contributed by atoms with Crippen LogP contribution >= 0.6 is 11.6 Å². The molecule has 8 nitrogen and oxygen atoms in total. The number of piperazine rings is 1. The van der Waals surface area contributed by atoms with Gasteiger partial charge in [0.15, 0.2) is 0 Å². The van der Waals surface area contributed by atoms with E-state index in [9.17, 15) is 4.79 Å². The zero-order valence-electron chi connectivity index (χ0n) is 17.4. The molecule has 1 atom stereocenters. The van der Waals surface area contributed by atoms with Crippen LogP contribution in [-0.2, 0) is 11.3 Å². The normalized spacial score (nSPS) is 15.0. The molecule has 2 heterocycles. The van der Waals surface area contributed by atoms with E-state index in [0.29, 0.717) is 31.1 Å². The third-order valence-corrected chi connectivity index (χ3v) is 5.87. The Morgan fingerprint density at radius 1 is 1.10 bits per heavy atom. The molecule has 3 aromatic rings. The van der Waals surface area contributed by atoms with E-state index in [4.69, 9.17) is 16.3 Å². The molecule has 162 valence electrons. The molecule has 0 aliphatic carbocycles. The minimum atomic E-state index is -0.0412. The summed E-state index contributed by atoms with van der Waals surface area (Å²) >= 11 is 6.05. The van der Waals surface area contributed by atoms with Gasteiger partial charge in [0.05, 0.1) is 19.3 Å². The Kier molecular flexibility index (Phi) is 6.66. The van der Waals surface area contributed by atoms with E-state index >= 15 is 0 Å². The number of benzene rings is 2. The quantitative estimate of drug-likeness (QED) is 0.562. The lowest BCUT2D eigenvalue weighted by atomic mass is 9.95. The van der Waals surface area contributed by atoms with Gasteiger partial charge in [0.25, 0.3) is 0 Å². The highest BCUT2D eigenvalue weighted by atomic mass is 35.5. The maximum Gasteiger partial charge on any atom is 0.223 e. The van der Waals surface area contributed by atoms with E-state index in [-0.39, 0.29) is 11.8 Å². The molecule has 0 radical (unpaired) electrons. The van der Waals surface area contributed by atoms with E-state index < -0.39 is 0 Å². The fraction of sp³-hybridized carbons (Fsp3) is 0.364. The summed E-state index contributed by atoms with van der Waals surface area (Å²) in [6, 6.07) is 15.6. The second-order valence-corrected chi connectivity index (χ2v) is 7.96. The highest BCUT2D eigenvalue weighted by Gasteiger charge is 2.26.